The molecule has 0 spiro atoms. The Labute approximate surface area is 36.4 Å². The molecule has 0 amide bonds. The van der Waals surface area contributed by atoms with Crippen LogP contribution in [0.25, 0.3) is 0 Å². The largest absolute Gasteiger partial charge is 0.473 e. The molecule has 0 unspecified atom stereocenters. The third-order valence-corrected chi connectivity index (χ3v) is 0.425. The maximum atomic E-state index is 4.58. The second-order valence-electron chi connectivity index (χ2n) is 0.793. The molecule has 1 aromatic heterocycles. The molecule has 6 heavy (non-hydrogen) atoms. The first-order valence-electron chi connectivity index (χ1n) is 1.47. The molecule has 28 valence electrons. The Hall–Kier alpha value is -0.811. The summed E-state index contributed by atoms with van der Waals surface area (Å²) in [6, 6.07) is 3.67. The Balaban J connectivity index is 0.000000250. The molecule has 0 atom stereocenters. The van der Waals surface area contributed by atoms with Gasteiger partial charge in [-0.3, -0.25) is 0 Å². The van der Waals surface area contributed by atoms with E-state index >= 15 is 0 Å². The Morgan fingerprint density at radius 3 is 1.67 bits per heavy atom. The van der Waals surface area contributed by atoms with Crippen LogP contribution in [0.4, 0.5) is 0 Å². The molecule has 0 aliphatic carbocycles. The van der Waals surface area contributed by atoms with Crippen molar-refractivity contribution >= 4 is 0 Å². The van der Waals surface area contributed by atoms with Gasteiger partial charge in [0, 0.05) is 6.15 Å². The number of hydrogen-bond donors (Lipinski definition) is 0. The molecule has 1 rings (SSSR count). The summed E-state index contributed by atoms with van der Waals surface area (Å²) < 4.78 is 4.58. The summed E-state index contributed by atoms with van der Waals surface area (Å²) in [5.41, 5.74) is 0. The van der Waals surface area contributed by atoms with E-state index in [0.717, 1.165) is 0 Å². The molecule has 0 aromatic carbocycles. The zero-order valence-corrected chi connectivity index (χ0v) is 3.42. The average Bonchev–Trinajstić information content (AvgIpc) is 1.76. The van der Waals surface area contributed by atoms with E-state index < -0.39 is 0 Å². The van der Waals surface area contributed by atoms with Crippen molar-refractivity contribution in [2.45, 2.75) is 0 Å². The van der Waals surface area contributed by atoms with Crippen LogP contribution < -0.4 is 0 Å². The van der Waals surface area contributed by atoms with E-state index in [4.69, 9.17) is 0 Å². The van der Waals surface area contributed by atoms with E-state index in [2.05, 4.69) is 4.42 Å². The summed E-state index contributed by atoms with van der Waals surface area (Å²) in [7, 11) is 0. The fourth-order valence-electron chi connectivity index (χ4n) is 0.227. The maximum absolute atomic E-state index is 4.58. The SMILES string of the molecule is [He].c1ccoc1. The van der Waals surface area contributed by atoms with Gasteiger partial charge in [-0.15, -0.1) is 0 Å². The minimum atomic E-state index is 0. The monoisotopic (exact) mass is 72.0 g/mol. The summed E-state index contributed by atoms with van der Waals surface area (Å²) in [5.74, 6) is 0. The molecule has 2 heteroatoms. The molecule has 1 aromatic rings. The van der Waals surface area contributed by atoms with Crippen LogP contribution in [0.1, 0.15) is 0 Å². The van der Waals surface area contributed by atoms with Gasteiger partial charge in [0.15, 0.2) is 0 Å². The number of hydrogen-bond acceptors (Lipinski definition) is 1. The van der Waals surface area contributed by atoms with Crippen molar-refractivity contribution in [2.24, 2.45) is 0 Å². The predicted molar refractivity (Wildman–Crippen MR) is 18.7 cm³/mol. The molecular formula is C4H4HeO. The molecule has 0 saturated heterocycles. The van der Waals surface area contributed by atoms with Gasteiger partial charge in [-0.1, -0.05) is 0 Å². The van der Waals surface area contributed by atoms with Gasteiger partial charge in [-0.05, 0) is 12.1 Å². The van der Waals surface area contributed by atoms with Gasteiger partial charge in [0.2, 0.25) is 0 Å². The molecule has 0 fully saturated rings. The predicted octanol–water partition coefficient (Wildman–Crippen LogP) is 1.28. The van der Waals surface area contributed by atoms with Crippen LogP contribution in [0, 0.1) is 6.15 Å². The van der Waals surface area contributed by atoms with E-state index in [1.165, 1.54) is 0 Å². The van der Waals surface area contributed by atoms with E-state index in [0.29, 0.717) is 0 Å². The van der Waals surface area contributed by atoms with Gasteiger partial charge in [0.05, 0.1) is 12.5 Å². The molecule has 0 aliphatic heterocycles. The van der Waals surface area contributed by atoms with Crippen molar-refractivity contribution in [1.82, 2.24) is 0 Å². The zero-order valence-electron chi connectivity index (χ0n) is 3.42. The van der Waals surface area contributed by atoms with Gasteiger partial charge in [-0.25, -0.2) is 0 Å². The Morgan fingerprint density at radius 2 is 1.50 bits per heavy atom. The van der Waals surface area contributed by atoms with E-state index in [1.807, 2.05) is 12.1 Å². The molecule has 1 heterocycles. The number of rotatable bonds is 0. The summed E-state index contributed by atoms with van der Waals surface area (Å²) in [6.07, 6.45) is 3.25. The van der Waals surface area contributed by atoms with Crippen molar-refractivity contribution in [3.8, 4) is 0 Å². The molecule has 0 aliphatic rings. The van der Waals surface area contributed by atoms with Crippen LogP contribution in [0.5, 0.6) is 0 Å². The normalized spacial score (nSPS) is 6.67. The Kier molecular flexibility index (Phi) is 2.10. The maximum Gasteiger partial charge on any atom is 0.0902 e. The number of furan rings is 1. The van der Waals surface area contributed by atoms with Crippen LogP contribution in [0.2, 0.25) is 0 Å². The topological polar surface area (TPSA) is 13.1 Å². The summed E-state index contributed by atoms with van der Waals surface area (Å²) in [5, 5.41) is 0. The molecule has 1 nitrogen and oxygen atoms in total. The van der Waals surface area contributed by atoms with Crippen molar-refractivity contribution in [3.63, 3.8) is 0 Å². The van der Waals surface area contributed by atoms with Crippen molar-refractivity contribution < 1.29 is 10.6 Å². The zero-order chi connectivity index (χ0) is 3.54. The minimum absolute atomic E-state index is 0. The van der Waals surface area contributed by atoms with Gasteiger partial charge >= 0.3 is 0 Å². The van der Waals surface area contributed by atoms with Crippen LogP contribution in [-0.4, -0.2) is 0 Å². The van der Waals surface area contributed by atoms with E-state index in [-0.39, 0.29) is 6.15 Å². The molecule has 0 radical (unpaired) electrons. The van der Waals surface area contributed by atoms with Crippen molar-refractivity contribution in [3.05, 3.63) is 24.7 Å². The average molecular weight is 72.1 g/mol. The quantitative estimate of drug-likeness (QED) is 0.450. The third-order valence-electron chi connectivity index (χ3n) is 0.425. The van der Waals surface area contributed by atoms with Crippen LogP contribution >= 0.6 is 0 Å². The molecular weight excluding hydrogens is 68.0 g/mol. The Morgan fingerprint density at radius 1 is 1.00 bits per heavy atom. The van der Waals surface area contributed by atoms with Gasteiger partial charge in [-0.2, -0.15) is 0 Å². The molecule has 0 N–H and O–H groups in total. The van der Waals surface area contributed by atoms with Crippen molar-refractivity contribution in [1.29, 1.82) is 0 Å². The fraction of sp³-hybridized carbons (Fsp3) is 0. The Bertz CT molecular complexity index is 64.0. The summed E-state index contributed by atoms with van der Waals surface area (Å²) in [4.78, 5) is 0. The molecule has 0 saturated carbocycles. The van der Waals surface area contributed by atoms with E-state index in [1.54, 1.807) is 12.5 Å². The second kappa shape index (κ2) is 2.43. The van der Waals surface area contributed by atoms with Gasteiger partial charge in [0.25, 0.3) is 0 Å². The smallest absolute Gasteiger partial charge is 0.0902 e. The first-order chi connectivity index (χ1) is 2.50. The summed E-state index contributed by atoms with van der Waals surface area (Å²) in [6.45, 7) is 0. The van der Waals surface area contributed by atoms with Crippen LogP contribution in [-0.2, 0) is 0 Å². The first kappa shape index (κ1) is 5.19. The van der Waals surface area contributed by atoms with Crippen molar-refractivity contribution in [2.75, 3.05) is 0 Å². The summed E-state index contributed by atoms with van der Waals surface area (Å²) >= 11 is 0. The second-order valence-corrected chi connectivity index (χ2v) is 0.793. The van der Waals surface area contributed by atoms with Crippen LogP contribution in [0.3, 0.4) is 0 Å². The standard InChI is InChI=1S/C4H4O.He/c1-2-4-5-3-1;/h1-4H;. The third kappa shape index (κ3) is 0.871. The first-order valence-corrected chi connectivity index (χ1v) is 1.47. The van der Waals surface area contributed by atoms with E-state index in [9.17, 15) is 0 Å². The van der Waals surface area contributed by atoms with Gasteiger partial charge < -0.3 is 4.42 Å². The fourth-order valence-corrected chi connectivity index (χ4v) is 0.227. The minimum Gasteiger partial charge on any atom is -0.473 e. The molecule has 0 bridgehead atoms. The van der Waals surface area contributed by atoms with Gasteiger partial charge in [0.1, 0.15) is 0 Å². The van der Waals surface area contributed by atoms with Crippen LogP contribution in [0.15, 0.2) is 29.1 Å².